The maximum absolute atomic E-state index is 13.0. The van der Waals surface area contributed by atoms with E-state index in [2.05, 4.69) is 9.97 Å². The number of ketones is 1. The lowest BCUT2D eigenvalue weighted by Crippen LogP contribution is -2.13. The molecule has 0 aliphatic heterocycles. The molecule has 2 N–H and O–H groups in total. The molecule has 3 aromatic rings. The molecule has 0 radical (unpaired) electrons. The molecule has 1 aromatic carbocycles. The number of hydrogen-bond acceptors (Lipinski definition) is 7. The van der Waals surface area contributed by atoms with E-state index in [1.54, 1.807) is 32.2 Å². The average molecular weight is 436 g/mol. The van der Waals surface area contributed by atoms with Crippen molar-refractivity contribution in [2.45, 2.75) is 19.4 Å². The minimum atomic E-state index is -0.543. The van der Waals surface area contributed by atoms with Gasteiger partial charge in [0.15, 0.2) is 28.7 Å². The van der Waals surface area contributed by atoms with Gasteiger partial charge in [0.2, 0.25) is 5.89 Å². The molecule has 152 valence electrons. The van der Waals surface area contributed by atoms with Gasteiger partial charge in [0.05, 0.1) is 30.3 Å². The molecule has 9 heteroatoms. The van der Waals surface area contributed by atoms with E-state index < -0.39 is 6.04 Å². The number of halogens is 2. The van der Waals surface area contributed by atoms with Crippen molar-refractivity contribution in [3.8, 4) is 23.0 Å². The van der Waals surface area contributed by atoms with Crippen molar-refractivity contribution in [3.05, 3.63) is 57.7 Å². The number of nitrogens with two attached hydrogens (primary N) is 1. The van der Waals surface area contributed by atoms with Gasteiger partial charge in [-0.3, -0.25) is 9.78 Å². The summed E-state index contributed by atoms with van der Waals surface area (Å²) in [5.41, 5.74) is 7.23. The first kappa shape index (κ1) is 21.1. The van der Waals surface area contributed by atoms with Crippen molar-refractivity contribution in [2.24, 2.45) is 5.73 Å². The molecule has 0 saturated heterocycles. The minimum absolute atomic E-state index is 0.0577. The summed E-state index contributed by atoms with van der Waals surface area (Å²) >= 11 is 12.3. The number of carbonyl (C=O) groups excluding carboxylic acids is 1. The standard InChI is InChI=1S/C20H19Cl2N3O4/c1-10(23)19-18(15(26)7-12-13(21)8-24-9-14(12)22)25-20(29-19)11-4-5-16(27-2)17(6-11)28-3/h4-6,8-10H,7,23H2,1-3H3/t10-/m0/s1. The van der Waals surface area contributed by atoms with Crippen LogP contribution in [0.25, 0.3) is 11.5 Å². The van der Waals surface area contributed by atoms with Crippen LogP contribution < -0.4 is 15.2 Å². The monoisotopic (exact) mass is 435 g/mol. The summed E-state index contributed by atoms with van der Waals surface area (Å²) < 4.78 is 16.4. The Balaban J connectivity index is 2.00. The van der Waals surface area contributed by atoms with Gasteiger partial charge in [-0.15, -0.1) is 0 Å². The predicted molar refractivity (Wildman–Crippen MR) is 110 cm³/mol. The molecule has 0 amide bonds. The van der Waals surface area contributed by atoms with Crippen LogP contribution in [0.2, 0.25) is 10.0 Å². The lowest BCUT2D eigenvalue weighted by Gasteiger charge is -2.07. The quantitative estimate of drug-likeness (QED) is 0.544. The van der Waals surface area contributed by atoms with Crippen molar-refractivity contribution in [2.75, 3.05) is 14.2 Å². The fraction of sp³-hybridized carbons (Fsp3) is 0.250. The Bertz CT molecular complexity index is 1030. The van der Waals surface area contributed by atoms with Crippen molar-refractivity contribution < 1.29 is 18.7 Å². The van der Waals surface area contributed by atoms with Gasteiger partial charge in [-0.05, 0) is 25.1 Å². The second-order valence-electron chi connectivity index (χ2n) is 6.27. The number of carbonyl (C=O) groups is 1. The van der Waals surface area contributed by atoms with Gasteiger partial charge in [-0.1, -0.05) is 23.2 Å². The van der Waals surface area contributed by atoms with E-state index in [0.29, 0.717) is 32.7 Å². The molecule has 7 nitrogen and oxygen atoms in total. The van der Waals surface area contributed by atoms with Crippen molar-refractivity contribution >= 4 is 29.0 Å². The van der Waals surface area contributed by atoms with Crippen molar-refractivity contribution in [1.29, 1.82) is 0 Å². The molecular weight excluding hydrogens is 417 g/mol. The normalized spacial score (nSPS) is 11.9. The van der Waals surface area contributed by atoms with Gasteiger partial charge < -0.3 is 19.6 Å². The predicted octanol–water partition coefficient (Wildman–Crippen LogP) is 4.51. The van der Waals surface area contributed by atoms with Gasteiger partial charge >= 0.3 is 0 Å². The Labute approximate surface area is 177 Å². The van der Waals surface area contributed by atoms with E-state index >= 15 is 0 Å². The molecule has 2 aromatic heterocycles. The summed E-state index contributed by atoms with van der Waals surface area (Å²) in [6, 6.07) is 4.64. The van der Waals surface area contributed by atoms with Gasteiger partial charge in [0, 0.05) is 29.9 Å². The zero-order valence-electron chi connectivity index (χ0n) is 16.0. The number of nitrogens with zero attached hydrogens (tertiary/aromatic N) is 2. The molecule has 3 rings (SSSR count). The number of oxazole rings is 1. The zero-order valence-corrected chi connectivity index (χ0v) is 17.5. The molecule has 0 bridgehead atoms. The first-order valence-corrected chi connectivity index (χ1v) is 9.41. The number of Topliss-reactive ketones (excluding diaryl/α,β-unsaturated/α-hetero) is 1. The molecule has 0 aliphatic carbocycles. The van der Waals surface area contributed by atoms with Crippen LogP contribution >= 0.6 is 23.2 Å². The molecule has 0 saturated carbocycles. The fourth-order valence-electron chi connectivity index (χ4n) is 2.78. The zero-order chi connectivity index (χ0) is 21.1. The minimum Gasteiger partial charge on any atom is -0.493 e. The van der Waals surface area contributed by atoms with Crippen LogP contribution in [0.15, 0.2) is 35.0 Å². The van der Waals surface area contributed by atoms with Crippen LogP contribution in [0.5, 0.6) is 11.5 Å². The highest BCUT2D eigenvalue weighted by atomic mass is 35.5. The number of ether oxygens (including phenoxy) is 2. The molecular formula is C20H19Cl2N3O4. The van der Waals surface area contributed by atoms with E-state index in [0.717, 1.165) is 0 Å². The molecule has 0 spiro atoms. The van der Waals surface area contributed by atoms with Gasteiger partial charge in [0.1, 0.15) is 0 Å². The summed E-state index contributed by atoms with van der Waals surface area (Å²) in [4.78, 5) is 21.2. The number of benzene rings is 1. The van der Waals surface area contributed by atoms with Crippen LogP contribution in [-0.4, -0.2) is 30.0 Å². The molecule has 1 atom stereocenters. The van der Waals surface area contributed by atoms with Crippen LogP contribution in [0.3, 0.4) is 0 Å². The lowest BCUT2D eigenvalue weighted by atomic mass is 10.1. The largest absolute Gasteiger partial charge is 0.493 e. The SMILES string of the molecule is COc1ccc(-c2nc(C(=O)Cc3c(Cl)cncc3Cl)c([C@H](C)N)o2)cc1OC. The number of hydrogen-bond donors (Lipinski definition) is 1. The highest BCUT2D eigenvalue weighted by Gasteiger charge is 2.25. The summed E-state index contributed by atoms with van der Waals surface area (Å²) in [7, 11) is 3.07. The van der Waals surface area contributed by atoms with Crippen LogP contribution in [-0.2, 0) is 6.42 Å². The highest BCUT2D eigenvalue weighted by molar-refractivity contribution is 6.36. The van der Waals surface area contributed by atoms with Crippen LogP contribution in [0.4, 0.5) is 0 Å². The van der Waals surface area contributed by atoms with E-state index in [-0.39, 0.29) is 29.5 Å². The number of aromatic nitrogens is 2. The fourth-order valence-corrected chi connectivity index (χ4v) is 3.28. The average Bonchev–Trinajstić information content (AvgIpc) is 3.16. The Morgan fingerprint density at radius 3 is 2.41 bits per heavy atom. The third kappa shape index (κ3) is 4.37. The topological polar surface area (TPSA) is 100 Å². The van der Waals surface area contributed by atoms with E-state index in [1.165, 1.54) is 19.5 Å². The van der Waals surface area contributed by atoms with E-state index in [9.17, 15) is 4.79 Å². The number of rotatable bonds is 7. The third-order valence-electron chi connectivity index (χ3n) is 4.25. The summed E-state index contributed by atoms with van der Waals surface area (Å²) in [6.45, 7) is 1.71. The van der Waals surface area contributed by atoms with Crippen molar-refractivity contribution in [1.82, 2.24) is 9.97 Å². The molecule has 29 heavy (non-hydrogen) atoms. The van der Waals surface area contributed by atoms with Gasteiger partial charge in [-0.2, -0.15) is 0 Å². The maximum atomic E-state index is 13.0. The van der Waals surface area contributed by atoms with Crippen LogP contribution in [0.1, 0.15) is 34.8 Å². The molecule has 0 aliphatic rings. The van der Waals surface area contributed by atoms with E-state index in [4.69, 9.17) is 42.8 Å². The third-order valence-corrected chi connectivity index (χ3v) is 4.90. The molecule has 0 fully saturated rings. The second-order valence-corrected chi connectivity index (χ2v) is 7.09. The number of pyridine rings is 1. The second kappa shape index (κ2) is 8.82. The van der Waals surface area contributed by atoms with E-state index in [1.807, 2.05) is 0 Å². The Morgan fingerprint density at radius 2 is 1.83 bits per heavy atom. The maximum Gasteiger partial charge on any atom is 0.227 e. The van der Waals surface area contributed by atoms with Crippen molar-refractivity contribution in [3.63, 3.8) is 0 Å². The number of methoxy groups -OCH3 is 2. The Morgan fingerprint density at radius 1 is 1.17 bits per heavy atom. The summed E-state index contributed by atoms with van der Waals surface area (Å²) in [6.07, 6.45) is 2.80. The van der Waals surface area contributed by atoms with Crippen LogP contribution in [0, 0.1) is 0 Å². The first-order chi connectivity index (χ1) is 13.8. The molecule has 0 unspecified atom stereocenters. The summed E-state index contributed by atoms with van der Waals surface area (Å²) in [5, 5.41) is 0.605. The first-order valence-electron chi connectivity index (χ1n) is 8.65. The van der Waals surface area contributed by atoms with Gasteiger partial charge in [0.25, 0.3) is 0 Å². The van der Waals surface area contributed by atoms with Gasteiger partial charge in [-0.25, -0.2) is 4.98 Å². The molecule has 2 heterocycles. The smallest absolute Gasteiger partial charge is 0.227 e. The Kier molecular flexibility index (Phi) is 6.42. The highest BCUT2D eigenvalue weighted by Crippen LogP contribution is 2.34. The lowest BCUT2D eigenvalue weighted by molar-refractivity contribution is 0.0986. The summed E-state index contributed by atoms with van der Waals surface area (Å²) in [5.74, 6) is 1.28. The Hall–Kier alpha value is -2.61.